The van der Waals surface area contributed by atoms with Crippen LogP contribution < -0.4 is 11.1 Å². The molecule has 1 amide bonds. The molecule has 2 aromatic rings. The Balaban J connectivity index is 1.64. The molecule has 3 rings (SSSR count). The van der Waals surface area contributed by atoms with Gasteiger partial charge in [0.2, 0.25) is 0 Å². The van der Waals surface area contributed by atoms with Crippen molar-refractivity contribution in [3.63, 3.8) is 0 Å². The smallest absolute Gasteiger partial charge is 0.255 e. The number of ether oxygens (including phenoxy) is 1. The zero-order valence-corrected chi connectivity index (χ0v) is 16.2. The highest BCUT2D eigenvalue weighted by Crippen LogP contribution is 2.26. The third-order valence-electron chi connectivity index (χ3n) is 4.85. The number of benzene rings is 2. The number of aliphatic imine (C=N–C) groups is 1. The lowest BCUT2D eigenvalue weighted by Crippen LogP contribution is -2.25. The maximum Gasteiger partial charge on any atom is 0.255 e. The fourth-order valence-corrected chi connectivity index (χ4v) is 3.30. The molecular formula is C22H25N3O3. The molecule has 0 aliphatic heterocycles. The molecule has 3 N–H and O–H groups in total. The number of fused-ring (bicyclic) bond motifs is 1. The SMILES string of the molecule is CN=C(N)c1ccc(C(=O)Nc2ccc3c(c2)CCC(OCC(C)=O)C3)cc1. The van der Waals surface area contributed by atoms with Gasteiger partial charge in [0, 0.05) is 23.9 Å². The number of amidine groups is 1. The first-order valence-corrected chi connectivity index (χ1v) is 9.33. The molecule has 0 aromatic heterocycles. The summed E-state index contributed by atoms with van der Waals surface area (Å²) in [5, 5.41) is 2.95. The molecule has 0 radical (unpaired) electrons. The summed E-state index contributed by atoms with van der Waals surface area (Å²) in [6.45, 7) is 1.70. The summed E-state index contributed by atoms with van der Waals surface area (Å²) < 4.78 is 5.65. The van der Waals surface area contributed by atoms with E-state index in [-0.39, 0.29) is 24.4 Å². The Bertz CT molecular complexity index is 904. The number of nitrogens with two attached hydrogens (primary N) is 1. The fraction of sp³-hybridized carbons (Fsp3) is 0.318. The predicted molar refractivity (Wildman–Crippen MR) is 110 cm³/mol. The number of amides is 1. The number of carbonyl (C=O) groups is 2. The van der Waals surface area contributed by atoms with Crippen LogP contribution in [0.2, 0.25) is 0 Å². The quantitative estimate of drug-likeness (QED) is 0.596. The normalized spacial score (nSPS) is 16.4. The second kappa shape index (κ2) is 8.80. The monoisotopic (exact) mass is 379 g/mol. The molecule has 28 heavy (non-hydrogen) atoms. The van der Waals surface area contributed by atoms with Gasteiger partial charge in [-0.2, -0.15) is 0 Å². The number of hydrogen-bond donors (Lipinski definition) is 2. The molecule has 6 nitrogen and oxygen atoms in total. The van der Waals surface area contributed by atoms with Crippen LogP contribution in [0.1, 0.15) is 40.4 Å². The van der Waals surface area contributed by atoms with Crippen LogP contribution in [0.25, 0.3) is 0 Å². The Hall–Kier alpha value is -2.99. The van der Waals surface area contributed by atoms with Crippen LogP contribution >= 0.6 is 0 Å². The lowest BCUT2D eigenvalue weighted by atomic mass is 9.89. The van der Waals surface area contributed by atoms with Gasteiger partial charge in [-0.05, 0) is 61.6 Å². The number of hydrogen-bond acceptors (Lipinski definition) is 4. The summed E-state index contributed by atoms with van der Waals surface area (Å²) in [7, 11) is 1.63. The van der Waals surface area contributed by atoms with E-state index in [2.05, 4.69) is 10.3 Å². The van der Waals surface area contributed by atoms with Gasteiger partial charge in [-0.15, -0.1) is 0 Å². The topological polar surface area (TPSA) is 93.8 Å². The lowest BCUT2D eigenvalue weighted by molar-refractivity contribution is -0.123. The molecule has 1 atom stereocenters. The maximum atomic E-state index is 12.5. The maximum absolute atomic E-state index is 12.5. The highest BCUT2D eigenvalue weighted by atomic mass is 16.5. The average Bonchev–Trinajstić information content (AvgIpc) is 2.71. The van der Waals surface area contributed by atoms with Crippen molar-refractivity contribution in [2.45, 2.75) is 32.3 Å². The molecule has 0 saturated heterocycles. The average molecular weight is 379 g/mol. The van der Waals surface area contributed by atoms with E-state index in [0.717, 1.165) is 30.5 Å². The first kappa shape index (κ1) is 19.8. The Morgan fingerprint density at radius 2 is 1.86 bits per heavy atom. The van der Waals surface area contributed by atoms with Gasteiger partial charge in [0.25, 0.3) is 5.91 Å². The molecule has 1 unspecified atom stereocenters. The number of anilines is 1. The Kier molecular flexibility index (Phi) is 6.21. The van der Waals surface area contributed by atoms with Gasteiger partial charge < -0.3 is 15.8 Å². The molecule has 2 aromatic carbocycles. The first-order chi connectivity index (χ1) is 13.5. The largest absolute Gasteiger partial charge is 0.384 e. The zero-order chi connectivity index (χ0) is 20.1. The fourth-order valence-electron chi connectivity index (χ4n) is 3.30. The van der Waals surface area contributed by atoms with Crippen LogP contribution in [0.5, 0.6) is 0 Å². The van der Waals surface area contributed by atoms with Crippen molar-refractivity contribution < 1.29 is 14.3 Å². The van der Waals surface area contributed by atoms with Crippen molar-refractivity contribution >= 4 is 23.2 Å². The number of nitrogens with one attached hydrogen (secondary N) is 1. The molecule has 0 saturated carbocycles. The highest BCUT2D eigenvalue weighted by molar-refractivity contribution is 6.05. The molecule has 0 heterocycles. The van der Waals surface area contributed by atoms with Crippen LogP contribution in [-0.4, -0.2) is 37.3 Å². The number of carbonyl (C=O) groups excluding carboxylic acids is 2. The van der Waals surface area contributed by atoms with E-state index >= 15 is 0 Å². The molecule has 6 heteroatoms. The Morgan fingerprint density at radius 3 is 2.54 bits per heavy atom. The number of nitrogens with zero attached hydrogens (tertiary/aromatic N) is 1. The number of rotatable bonds is 6. The van der Waals surface area contributed by atoms with Crippen molar-refractivity contribution in [1.29, 1.82) is 0 Å². The van der Waals surface area contributed by atoms with Crippen LogP contribution in [0.3, 0.4) is 0 Å². The Labute approximate surface area is 164 Å². The highest BCUT2D eigenvalue weighted by Gasteiger charge is 2.20. The summed E-state index contributed by atoms with van der Waals surface area (Å²) in [5.74, 6) is 0.311. The van der Waals surface area contributed by atoms with E-state index in [1.165, 1.54) is 18.1 Å². The minimum Gasteiger partial charge on any atom is -0.384 e. The summed E-state index contributed by atoms with van der Waals surface area (Å²) >= 11 is 0. The van der Waals surface area contributed by atoms with E-state index < -0.39 is 0 Å². The summed E-state index contributed by atoms with van der Waals surface area (Å²) in [6, 6.07) is 13.0. The van der Waals surface area contributed by atoms with Gasteiger partial charge in [0.1, 0.15) is 12.4 Å². The van der Waals surface area contributed by atoms with Gasteiger partial charge >= 0.3 is 0 Å². The van der Waals surface area contributed by atoms with Crippen molar-refractivity contribution in [2.24, 2.45) is 10.7 Å². The van der Waals surface area contributed by atoms with E-state index in [1.54, 1.807) is 31.3 Å². The van der Waals surface area contributed by atoms with Gasteiger partial charge in [0.15, 0.2) is 5.78 Å². The van der Waals surface area contributed by atoms with Crippen molar-refractivity contribution in [3.05, 3.63) is 64.7 Å². The first-order valence-electron chi connectivity index (χ1n) is 9.33. The van der Waals surface area contributed by atoms with E-state index in [4.69, 9.17) is 10.5 Å². The zero-order valence-electron chi connectivity index (χ0n) is 16.2. The number of aryl methyl sites for hydroxylation is 1. The number of Topliss-reactive ketones (excluding diaryl/α,β-unsaturated/α-hetero) is 1. The molecule has 0 bridgehead atoms. The van der Waals surface area contributed by atoms with E-state index in [9.17, 15) is 9.59 Å². The second-order valence-corrected chi connectivity index (χ2v) is 7.00. The standard InChI is InChI=1S/C22H25N3O3/c1-14(26)13-28-20-10-8-17-11-19(9-7-18(17)12-20)25-22(27)16-5-3-15(4-6-16)21(23)24-2/h3-7,9,11,20H,8,10,12-13H2,1-2H3,(H2,23,24)(H,25,27). The van der Waals surface area contributed by atoms with Gasteiger partial charge in [-0.3, -0.25) is 14.6 Å². The summed E-state index contributed by atoms with van der Waals surface area (Å²) in [4.78, 5) is 27.5. The van der Waals surface area contributed by atoms with Gasteiger partial charge in [-0.1, -0.05) is 18.2 Å². The van der Waals surface area contributed by atoms with Gasteiger partial charge in [-0.25, -0.2) is 0 Å². The summed E-state index contributed by atoms with van der Waals surface area (Å²) in [5.41, 5.74) is 10.3. The molecule has 146 valence electrons. The molecule has 0 fully saturated rings. The van der Waals surface area contributed by atoms with Gasteiger partial charge in [0.05, 0.1) is 6.10 Å². The third kappa shape index (κ3) is 4.84. The van der Waals surface area contributed by atoms with Crippen molar-refractivity contribution in [1.82, 2.24) is 0 Å². The van der Waals surface area contributed by atoms with Crippen LogP contribution in [0.4, 0.5) is 5.69 Å². The molecule has 1 aliphatic rings. The summed E-state index contributed by atoms with van der Waals surface area (Å²) in [6.07, 6.45) is 2.61. The molecular weight excluding hydrogens is 354 g/mol. The number of ketones is 1. The third-order valence-corrected chi connectivity index (χ3v) is 4.85. The lowest BCUT2D eigenvalue weighted by Gasteiger charge is -2.25. The van der Waals surface area contributed by atoms with Crippen molar-refractivity contribution in [3.8, 4) is 0 Å². The second-order valence-electron chi connectivity index (χ2n) is 7.00. The predicted octanol–water partition coefficient (Wildman–Crippen LogP) is 2.74. The molecule has 1 aliphatic carbocycles. The van der Waals surface area contributed by atoms with Crippen LogP contribution in [-0.2, 0) is 22.4 Å². The minimum absolute atomic E-state index is 0.0431. The van der Waals surface area contributed by atoms with E-state index in [1.807, 2.05) is 18.2 Å². The Morgan fingerprint density at radius 1 is 1.14 bits per heavy atom. The minimum atomic E-state index is -0.169. The van der Waals surface area contributed by atoms with Crippen molar-refractivity contribution in [2.75, 3.05) is 19.0 Å². The van der Waals surface area contributed by atoms with E-state index in [0.29, 0.717) is 11.4 Å². The van der Waals surface area contributed by atoms with Crippen LogP contribution in [0.15, 0.2) is 47.5 Å². The van der Waals surface area contributed by atoms with Crippen LogP contribution in [0, 0.1) is 0 Å². The molecule has 0 spiro atoms.